The molecule has 5 nitrogen and oxygen atoms in total. The first-order valence-corrected chi connectivity index (χ1v) is 11.1. The smallest absolute Gasteiger partial charge is 0.411 e. The van der Waals surface area contributed by atoms with Gasteiger partial charge in [0.1, 0.15) is 0 Å². The molecule has 0 aliphatic heterocycles. The highest BCUT2D eigenvalue weighted by Crippen LogP contribution is 2.48. The number of hydrogen-bond donors (Lipinski definition) is 0. The fourth-order valence-corrected chi connectivity index (χ4v) is 3.36. The van der Waals surface area contributed by atoms with E-state index in [4.69, 9.17) is 8.95 Å². The summed E-state index contributed by atoms with van der Waals surface area (Å²) in [4.78, 5) is 0. The van der Waals surface area contributed by atoms with Crippen molar-refractivity contribution in [3.8, 4) is 0 Å². The Morgan fingerprint density at radius 2 is 1.62 bits per heavy atom. The van der Waals surface area contributed by atoms with E-state index in [0.717, 1.165) is 0 Å². The highest BCUT2D eigenvalue weighted by Gasteiger charge is 2.40. The zero-order valence-electron chi connectivity index (χ0n) is 13.8. The number of hydrogen-bond acceptors (Lipinski definition) is 5. The van der Waals surface area contributed by atoms with Gasteiger partial charge in [0.25, 0.3) is 0 Å². The quantitative estimate of drug-likeness (QED) is 0.455. The molecule has 9 heteroatoms. The van der Waals surface area contributed by atoms with Crippen LogP contribution in [0.3, 0.4) is 0 Å². The summed E-state index contributed by atoms with van der Waals surface area (Å²) in [5, 5.41) is -0.125. The molecule has 0 rings (SSSR count). The summed E-state index contributed by atoms with van der Waals surface area (Å²) in [5.41, 5.74) is 0. The lowest BCUT2D eigenvalue weighted by Gasteiger charge is -2.39. The third kappa shape index (κ3) is 7.30. The maximum Gasteiger partial charge on any atom is 0.474 e. The van der Waals surface area contributed by atoms with E-state index in [1.165, 1.54) is 14.2 Å². The standard InChI is InChI=1S/C12H27F2O5PSi/c1-12(2,3)21(6,7)19-10(8-11(13)14)9-18-20(15,16-4)17-5/h10-11H,8-9H2,1-7H3/t10-/m0/s1. The van der Waals surface area contributed by atoms with Crippen molar-refractivity contribution in [2.45, 2.75) is 57.9 Å². The molecule has 0 saturated carbocycles. The number of phosphoric ester groups is 1. The fourth-order valence-electron chi connectivity index (χ4n) is 1.30. The van der Waals surface area contributed by atoms with Gasteiger partial charge in [-0.3, -0.25) is 13.6 Å². The Labute approximate surface area is 127 Å². The van der Waals surface area contributed by atoms with E-state index < -0.39 is 35.1 Å². The molecule has 0 aromatic rings. The van der Waals surface area contributed by atoms with Gasteiger partial charge in [0.05, 0.1) is 12.7 Å². The van der Waals surface area contributed by atoms with Gasteiger partial charge in [-0.25, -0.2) is 13.3 Å². The van der Waals surface area contributed by atoms with Gasteiger partial charge in [-0.2, -0.15) is 0 Å². The Hall–Kier alpha value is 0.147. The van der Waals surface area contributed by atoms with E-state index in [2.05, 4.69) is 9.05 Å². The summed E-state index contributed by atoms with van der Waals surface area (Å²) < 4.78 is 57.3. The molecule has 0 N–H and O–H groups in total. The molecule has 0 aromatic carbocycles. The van der Waals surface area contributed by atoms with Crippen LogP contribution in [0.4, 0.5) is 8.78 Å². The Morgan fingerprint density at radius 1 is 1.14 bits per heavy atom. The third-order valence-corrected chi connectivity index (χ3v) is 9.47. The maximum absolute atomic E-state index is 12.7. The zero-order valence-corrected chi connectivity index (χ0v) is 15.7. The summed E-state index contributed by atoms with van der Waals surface area (Å²) in [7, 11) is -3.59. The van der Waals surface area contributed by atoms with Crippen LogP contribution in [0.2, 0.25) is 18.1 Å². The van der Waals surface area contributed by atoms with Crippen LogP contribution in [0.15, 0.2) is 0 Å². The monoisotopic (exact) mass is 348 g/mol. The van der Waals surface area contributed by atoms with Gasteiger partial charge in [0.15, 0.2) is 8.32 Å². The van der Waals surface area contributed by atoms with Crippen molar-refractivity contribution in [3.05, 3.63) is 0 Å². The Morgan fingerprint density at radius 3 is 1.95 bits per heavy atom. The average Bonchev–Trinajstić information content (AvgIpc) is 2.33. The summed E-state index contributed by atoms with van der Waals surface area (Å²) in [6.07, 6.45) is -3.88. The molecule has 128 valence electrons. The minimum absolute atomic E-state index is 0.125. The predicted molar refractivity (Wildman–Crippen MR) is 80.3 cm³/mol. The van der Waals surface area contributed by atoms with E-state index in [0.29, 0.717) is 0 Å². The summed E-state index contributed by atoms with van der Waals surface area (Å²) >= 11 is 0. The Bertz CT molecular complexity index is 352. The van der Waals surface area contributed by atoms with Gasteiger partial charge in [-0.15, -0.1) is 0 Å². The van der Waals surface area contributed by atoms with Gasteiger partial charge in [-0.05, 0) is 18.1 Å². The van der Waals surface area contributed by atoms with Crippen LogP contribution in [-0.4, -0.2) is 41.7 Å². The van der Waals surface area contributed by atoms with Crippen LogP contribution in [0.25, 0.3) is 0 Å². The van der Waals surface area contributed by atoms with E-state index in [-0.39, 0.29) is 11.6 Å². The van der Waals surface area contributed by atoms with Gasteiger partial charge >= 0.3 is 7.82 Å². The molecule has 0 spiro atoms. The van der Waals surface area contributed by atoms with Gasteiger partial charge < -0.3 is 4.43 Å². The molecule has 0 bridgehead atoms. The van der Waals surface area contributed by atoms with Crippen molar-refractivity contribution >= 4 is 16.1 Å². The van der Waals surface area contributed by atoms with Crippen molar-refractivity contribution in [3.63, 3.8) is 0 Å². The fraction of sp³-hybridized carbons (Fsp3) is 1.00. The first kappa shape index (κ1) is 21.1. The van der Waals surface area contributed by atoms with E-state index in [1.807, 2.05) is 33.9 Å². The largest absolute Gasteiger partial charge is 0.474 e. The first-order chi connectivity index (χ1) is 9.37. The van der Waals surface area contributed by atoms with Gasteiger partial charge in [-0.1, -0.05) is 20.8 Å². The molecule has 0 aliphatic carbocycles. The lowest BCUT2D eigenvalue weighted by Crippen LogP contribution is -2.45. The molecule has 0 unspecified atom stereocenters. The minimum atomic E-state index is -3.69. The number of rotatable bonds is 9. The normalized spacial score (nSPS) is 15.5. The van der Waals surface area contributed by atoms with Gasteiger partial charge in [0, 0.05) is 20.6 Å². The molecular weight excluding hydrogens is 321 g/mol. The van der Waals surface area contributed by atoms with E-state index in [1.54, 1.807) is 0 Å². The molecule has 0 saturated heterocycles. The molecule has 0 amide bonds. The van der Waals surface area contributed by atoms with Crippen LogP contribution >= 0.6 is 7.82 Å². The minimum Gasteiger partial charge on any atom is -0.411 e. The molecular formula is C12H27F2O5PSi. The highest BCUT2D eigenvalue weighted by atomic mass is 31.2. The van der Waals surface area contributed by atoms with Crippen molar-refractivity contribution in [2.24, 2.45) is 0 Å². The second kappa shape index (κ2) is 8.13. The number of phosphoric acid groups is 1. The zero-order chi connectivity index (χ0) is 16.9. The van der Waals surface area contributed by atoms with Crippen molar-refractivity contribution in [1.29, 1.82) is 0 Å². The summed E-state index contributed by atoms with van der Waals surface area (Å²) in [6, 6.07) is 0. The average molecular weight is 348 g/mol. The molecule has 0 heterocycles. The van der Waals surface area contributed by atoms with Crippen molar-refractivity contribution in [2.75, 3.05) is 20.8 Å². The lowest BCUT2D eigenvalue weighted by molar-refractivity contribution is 0.0288. The van der Waals surface area contributed by atoms with Crippen LogP contribution in [-0.2, 0) is 22.6 Å². The Balaban J connectivity index is 4.86. The lowest BCUT2D eigenvalue weighted by atomic mass is 10.2. The maximum atomic E-state index is 12.7. The van der Waals surface area contributed by atoms with E-state index in [9.17, 15) is 13.3 Å². The second-order valence-electron chi connectivity index (χ2n) is 6.24. The first-order valence-electron chi connectivity index (χ1n) is 6.69. The Kier molecular flexibility index (Phi) is 8.18. The van der Waals surface area contributed by atoms with Crippen LogP contribution in [0.1, 0.15) is 27.2 Å². The summed E-state index contributed by atoms with van der Waals surface area (Å²) in [5.74, 6) is 0. The van der Waals surface area contributed by atoms with E-state index >= 15 is 0 Å². The van der Waals surface area contributed by atoms with Crippen LogP contribution in [0, 0.1) is 0 Å². The highest BCUT2D eigenvalue weighted by molar-refractivity contribution is 7.48. The van der Waals surface area contributed by atoms with Crippen molar-refractivity contribution in [1.82, 2.24) is 0 Å². The van der Waals surface area contributed by atoms with Gasteiger partial charge in [0.2, 0.25) is 6.43 Å². The molecule has 0 aliphatic rings. The second-order valence-corrected chi connectivity index (χ2v) is 12.9. The molecule has 0 fully saturated rings. The molecule has 0 radical (unpaired) electrons. The topological polar surface area (TPSA) is 54.0 Å². The molecule has 0 aromatic heterocycles. The number of halogens is 2. The predicted octanol–water partition coefficient (Wildman–Crippen LogP) is 4.45. The van der Waals surface area contributed by atoms with Crippen molar-refractivity contribution < 1.29 is 31.3 Å². The molecule has 21 heavy (non-hydrogen) atoms. The molecule has 1 atom stereocenters. The SMILES string of the molecule is COP(=O)(OC)OC[C@H](CC(F)F)O[Si](C)(C)C(C)(C)C. The summed E-state index contributed by atoms with van der Waals surface area (Å²) in [6.45, 7) is 9.67. The van der Waals surface area contributed by atoms with Crippen LogP contribution in [0.5, 0.6) is 0 Å². The third-order valence-electron chi connectivity index (χ3n) is 3.57. The van der Waals surface area contributed by atoms with Crippen LogP contribution < -0.4 is 0 Å². The number of alkyl halides is 2.